The van der Waals surface area contributed by atoms with Crippen LogP contribution in [0.1, 0.15) is 23.1 Å². The van der Waals surface area contributed by atoms with Crippen LogP contribution in [0.5, 0.6) is 5.75 Å². The van der Waals surface area contributed by atoms with E-state index in [-0.39, 0.29) is 12.5 Å². The van der Waals surface area contributed by atoms with Gasteiger partial charge in [-0.2, -0.15) is 13.2 Å². The van der Waals surface area contributed by atoms with E-state index >= 15 is 0 Å². The number of hydrogen-bond acceptors (Lipinski definition) is 2. The lowest BCUT2D eigenvalue weighted by Crippen LogP contribution is -2.23. The normalized spacial score (nSPS) is 11.2. The molecule has 128 valence electrons. The lowest BCUT2D eigenvalue weighted by molar-refractivity contribution is -0.137. The van der Waals surface area contributed by atoms with E-state index in [1.165, 1.54) is 12.1 Å². The zero-order valence-electron chi connectivity index (χ0n) is 13.2. The van der Waals surface area contributed by atoms with Crippen molar-refractivity contribution in [3.63, 3.8) is 0 Å². The van der Waals surface area contributed by atoms with Gasteiger partial charge in [-0.15, -0.1) is 0 Å². The van der Waals surface area contributed by atoms with Crippen LogP contribution in [0.2, 0.25) is 0 Å². The first-order chi connectivity index (χ1) is 11.4. The maximum absolute atomic E-state index is 12.5. The van der Waals surface area contributed by atoms with Crippen molar-refractivity contribution in [3.8, 4) is 5.75 Å². The van der Waals surface area contributed by atoms with E-state index in [1.807, 2.05) is 24.3 Å². The van der Waals surface area contributed by atoms with Crippen LogP contribution in [-0.2, 0) is 23.9 Å². The fourth-order valence-electron chi connectivity index (χ4n) is 2.15. The molecule has 3 nitrogen and oxygen atoms in total. The van der Waals surface area contributed by atoms with Crippen LogP contribution in [0.3, 0.4) is 0 Å². The fourth-order valence-corrected chi connectivity index (χ4v) is 2.15. The molecule has 2 aromatic carbocycles. The Balaban J connectivity index is 1.78. The van der Waals surface area contributed by atoms with Crippen molar-refractivity contribution in [2.24, 2.45) is 0 Å². The van der Waals surface area contributed by atoms with Gasteiger partial charge in [-0.3, -0.25) is 4.79 Å². The van der Waals surface area contributed by atoms with Gasteiger partial charge in [0.1, 0.15) is 5.75 Å². The van der Waals surface area contributed by atoms with Gasteiger partial charge in [0.25, 0.3) is 0 Å². The number of ether oxygens (including phenoxy) is 1. The van der Waals surface area contributed by atoms with Gasteiger partial charge in [-0.25, -0.2) is 0 Å². The summed E-state index contributed by atoms with van der Waals surface area (Å²) in [6.07, 6.45) is -3.45. The summed E-state index contributed by atoms with van der Waals surface area (Å²) in [5.41, 5.74) is 0.943. The molecule has 1 amide bonds. The second-order valence-corrected chi connectivity index (χ2v) is 5.32. The van der Waals surface area contributed by atoms with E-state index in [2.05, 4.69) is 5.32 Å². The number of benzene rings is 2. The molecule has 0 unspecified atom stereocenters. The molecule has 2 rings (SSSR count). The first-order valence-corrected chi connectivity index (χ1v) is 7.44. The molecule has 0 heterocycles. The molecule has 0 aliphatic heterocycles. The summed E-state index contributed by atoms with van der Waals surface area (Å²) < 4.78 is 42.5. The average molecular weight is 337 g/mol. The number of aryl methyl sites for hydroxylation is 1. The number of halogens is 3. The molecule has 0 spiro atoms. The molecule has 1 N–H and O–H groups in total. The molecule has 0 atom stereocenters. The van der Waals surface area contributed by atoms with Gasteiger partial charge >= 0.3 is 6.18 Å². The molecule has 2 aromatic rings. The van der Waals surface area contributed by atoms with Crippen molar-refractivity contribution >= 4 is 5.91 Å². The van der Waals surface area contributed by atoms with Crippen molar-refractivity contribution in [1.82, 2.24) is 5.32 Å². The Labute approximate surface area is 138 Å². The number of carbonyl (C=O) groups excluding carboxylic acids is 1. The first kappa shape index (κ1) is 17.8. The summed E-state index contributed by atoms with van der Waals surface area (Å²) in [5.74, 6) is 0.608. The molecule has 0 fully saturated rings. The second-order valence-electron chi connectivity index (χ2n) is 5.32. The molecule has 6 heteroatoms. The summed E-state index contributed by atoms with van der Waals surface area (Å²) in [4.78, 5) is 11.8. The highest BCUT2D eigenvalue weighted by Gasteiger charge is 2.29. The maximum Gasteiger partial charge on any atom is 0.416 e. The Morgan fingerprint density at radius 2 is 1.58 bits per heavy atom. The molecule has 0 radical (unpaired) electrons. The zero-order chi connectivity index (χ0) is 17.6. The van der Waals surface area contributed by atoms with Gasteiger partial charge in [-0.05, 0) is 41.8 Å². The third kappa shape index (κ3) is 5.30. The third-order valence-electron chi connectivity index (χ3n) is 3.57. The summed E-state index contributed by atoms with van der Waals surface area (Å²) >= 11 is 0. The number of hydrogen-bond donors (Lipinski definition) is 1. The molecule has 0 saturated carbocycles. The van der Waals surface area contributed by atoms with Crippen LogP contribution < -0.4 is 10.1 Å². The Bertz CT molecular complexity index is 664. The smallest absolute Gasteiger partial charge is 0.416 e. The van der Waals surface area contributed by atoms with E-state index in [4.69, 9.17) is 4.74 Å². The van der Waals surface area contributed by atoms with Crippen LogP contribution in [0.4, 0.5) is 13.2 Å². The number of carbonyl (C=O) groups is 1. The quantitative estimate of drug-likeness (QED) is 0.866. The zero-order valence-corrected chi connectivity index (χ0v) is 13.2. The summed E-state index contributed by atoms with van der Waals surface area (Å²) in [5, 5.41) is 2.71. The predicted octanol–water partition coefficient (Wildman–Crippen LogP) is 3.96. The van der Waals surface area contributed by atoms with Crippen molar-refractivity contribution in [3.05, 3.63) is 65.2 Å². The Morgan fingerprint density at radius 3 is 2.12 bits per heavy atom. The predicted molar refractivity (Wildman–Crippen MR) is 84.6 cm³/mol. The Morgan fingerprint density at radius 1 is 1.00 bits per heavy atom. The Kier molecular flexibility index (Phi) is 5.84. The van der Waals surface area contributed by atoms with Crippen LogP contribution in [0.25, 0.3) is 0 Å². The second kappa shape index (κ2) is 7.86. The third-order valence-corrected chi connectivity index (χ3v) is 3.57. The average Bonchev–Trinajstić information content (AvgIpc) is 2.58. The number of rotatable bonds is 6. The van der Waals surface area contributed by atoms with Crippen molar-refractivity contribution in [2.75, 3.05) is 7.11 Å². The minimum Gasteiger partial charge on any atom is -0.497 e. The molecule has 0 aromatic heterocycles. The minimum atomic E-state index is -4.35. The Hall–Kier alpha value is -2.50. The van der Waals surface area contributed by atoms with E-state index in [0.29, 0.717) is 18.4 Å². The van der Waals surface area contributed by atoms with E-state index in [0.717, 1.165) is 23.4 Å². The SMILES string of the molecule is COc1ccc(CCC(=O)NCc2ccc(C(F)(F)F)cc2)cc1. The molecule has 0 aliphatic rings. The summed E-state index contributed by atoms with van der Waals surface area (Å²) in [7, 11) is 1.59. The largest absolute Gasteiger partial charge is 0.497 e. The van der Waals surface area contributed by atoms with Crippen molar-refractivity contribution in [1.29, 1.82) is 0 Å². The maximum atomic E-state index is 12.5. The van der Waals surface area contributed by atoms with Gasteiger partial charge in [0.05, 0.1) is 12.7 Å². The molecular formula is C18H18F3NO2. The highest BCUT2D eigenvalue weighted by atomic mass is 19.4. The number of amides is 1. The molecular weight excluding hydrogens is 319 g/mol. The van der Waals surface area contributed by atoms with E-state index in [1.54, 1.807) is 7.11 Å². The van der Waals surface area contributed by atoms with Crippen molar-refractivity contribution in [2.45, 2.75) is 25.6 Å². The fraction of sp³-hybridized carbons (Fsp3) is 0.278. The van der Waals surface area contributed by atoms with Gasteiger partial charge in [0.15, 0.2) is 0 Å². The molecule has 0 saturated heterocycles. The number of methoxy groups -OCH3 is 1. The molecule has 0 aliphatic carbocycles. The van der Waals surface area contributed by atoms with Gasteiger partial charge < -0.3 is 10.1 Å². The number of nitrogens with one attached hydrogen (secondary N) is 1. The van der Waals surface area contributed by atoms with Gasteiger partial charge in [0.2, 0.25) is 5.91 Å². The lowest BCUT2D eigenvalue weighted by atomic mass is 10.1. The monoisotopic (exact) mass is 337 g/mol. The number of alkyl halides is 3. The highest BCUT2D eigenvalue weighted by Crippen LogP contribution is 2.29. The van der Waals surface area contributed by atoms with Crippen LogP contribution in [0.15, 0.2) is 48.5 Å². The molecule has 24 heavy (non-hydrogen) atoms. The van der Waals surface area contributed by atoms with Crippen molar-refractivity contribution < 1.29 is 22.7 Å². The van der Waals surface area contributed by atoms with E-state index in [9.17, 15) is 18.0 Å². The van der Waals surface area contributed by atoms with Crippen LogP contribution >= 0.6 is 0 Å². The van der Waals surface area contributed by atoms with Gasteiger partial charge in [-0.1, -0.05) is 24.3 Å². The topological polar surface area (TPSA) is 38.3 Å². The summed E-state index contributed by atoms with van der Waals surface area (Å²) in [6.45, 7) is 0.208. The summed E-state index contributed by atoms with van der Waals surface area (Å²) in [6, 6.07) is 12.2. The molecule has 0 bridgehead atoms. The van der Waals surface area contributed by atoms with Crippen LogP contribution in [-0.4, -0.2) is 13.0 Å². The first-order valence-electron chi connectivity index (χ1n) is 7.44. The van der Waals surface area contributed by atoms with E-state index < -0.39 is 11.7 Å². The highest BCUT2D eigenvalue weighted by molar-refractivity contribution is 5.76. The lowest BCUT2D eigenvalue weighted by Gasteiger charge is -2.09. The van der Waals surface area contributed by atoms with Gasteiger partial charge in [0, 0.05) is 13.0 Å². The van der Waals surface area contributed by atoms with Crippen LogP contribution in [0, 0.1) is 0 Å². The standard InChI is InChI=1S/C18H18F3NO2/c1-24-16-9-4-13(5-10-16)6-11-17(23)22-12-14-2-7-15(8-3-14)18(19,20)21/h2-5,7-10H,6,11-12H2,1H3,(H,22,23). The minimum absolute atomic E-state index is 0.147.